The minimum Gasteiger partial charge on any atom is -0.452 e. The summed E-state index contributed by atoms with van der Waals surface area (Å²) in [6.07, 6.45) is 0. The van der Waals surface area contributed by atoms with Crippen molar-refractivity contribution in [1.82, 2.24) is 0 Å². The van der Waals surface area contributed by atoms with Crippen LogP contribution in [-0.4, -0.2) is 18.5 Å². The van der Waals surface area contributed by atoms with Gasteiger partial charge in [0, 0.05) is 5.69 Å². The van der Waals surface area contributed by atoms with Crippen LogP contribution in [0.4, 0.5) is 5.69 Å². The summed E-state index contributed by atoms with van der Waals surface area (Å²) in [6, 6.07) is 13.2. The van der Waals surface area contributed by atoms with Crippen LogP contribution in [0.25, 0.3) is 0 Å². The summed E-state index contributed by atoms with van der Waals surface area (Å²) < 4.78 is 4.90. The number of amides is 1. The average molecular weight is 324 g/mol. The van der Waals surface area contributed by atoms with Gasteiger partial charge in [-0.3, -0.25) is 4.79 Å². The van der Waals surface area contributed by atoms with Crippen LogP contribution in [0.15, 0.2) is 48.5 Å². The summed E-state index contributed by atoms with van der Waals surface area (Å²) in [5, 5.41) is 3.20. The number of ether oxygens (including phenoxy) is 1. The van der Waals surface area contributed by atoms with E-state index in [-0.39, 0.29) is 17.2 Å². The predicted molar refractivity (Wildman–Crippen MR) is 81.8 cm³/mol. The third kappa shape index (κ3) is 4.48. The van der Waals surface area contributed by atoms with Gasteiger partial charge in [-0.05, 0) is 30.3 Å². The van der Waals surface area contributed by atoms with Crippen molar-refractivity contribution in [2.24, 2.45) is 0 Å². The molecule has 1 amide bonds. The van der Waals surface area contributed by atoms with Crippen LogP contribution in [0.2, 0.25) is 10.0 Å². The summed E-state index contributed by atoms with van der Waals surface area (Å²) in [6.45, 7) is -0.381. The summed E-state index contributed by atoms with van der Waals surface area (Å²) in [7, 11) is 0. The molecule has 0 aliphatic rings. The van der Waals surface area contributed by atoms with Gasteiger partial charge in [0.2, 0.25) is 0 Å². The number of benzene rings is 2. The Kier molecular flexibility index (Phi) is 5.20. The Morgan fingerprint density at radius 1 is 1.00 bits per heavy atom. The van der Waals surface area contributed by atoms with Gasteiger partial charge in [-0.1, -0.05) is 41.4 Å². The Labute approximate surface area is 131 Å². The van der Waals surface area contributed by atoms with Gasteiger partial charge in [0.25, 0.3) is 5.91 Å². The first-order valence-corrected chi connectivity index (χ1v) is 6.79. The standard InChI is InChI=1S/C15H11Cl2NO3/c16-12-7-6-10(8-13(12)17)15(20)21-9-14(19)18-11-4-2-1-3-5-11/h1-8H,9H2,(H,18,19). The first kappa shape index (κ1) is 15.4. The van der Waals surface area contributed by atoms with Crippen LogP contribution in [-0.2, 0) is 9.53 Å². The molecule has 0 unspecified atom stereocenters. The lowest BCUT2D eigenvalue weighted by molar-refractivity contribution is -0.119. The van der Waals surface area contributed by atoms with E-state index in [0.29, 0.717) is 10.7 Å². The van der Waals surface area contributed by atoms with Crippen molar-refractivity contribution in [3.8, 4) is 0 Å². The first-order valence-electron chi connectivity index (χ1n) is 6.03. The fourth-order valence-corrected chi connectivity index (χ4v) is 1.85. The minimum atomic E-state index is -0.642. The second-order valence-electron chi connectivity index (χ2n) is 4.12. The predicted octanol–water partition coefficient (Wildman–Crippen LogP) is 3.79. The smallest absolute Gasteiger partial charge is 0.338 e. The number of nitrogens with one attached hydrogen (secondary N) is 1. The van der Waals surface area contributed by atoms with Gasteiger partial charge in [0.1, 0.15) is 0 Å². The fraction of sp³-hybridized carbons (Fsp3) is 0.0667. The summed E-state index contributed by atoms with van der Waals surface area (Å²) in [4.78, 5) is 23.4. The number of rotatable bonds is 4. The number of carbonyl (C=O) groups is 2. The zero-order valence-corrected chi connectivity index (χ0v) is 12.3. The molecule has 0 bridgehead atoms. The largest absolute Gasteiger partial charge is 0.452 e. The maximum Gasteiger partial charge on any atom is 0.338 e. The minimum absolute atomic E-state index is 0.233. The van der Waals surface area contributed by atoms with Gasteiger partial charge in [0.15, 0.2) is 6.61 Å². The van der Waals surface area contributed by atoms with Gasteiger partial charge in [0.05, 0.1) is 15.6 Å². The Morgan fingerprint density at radius 3 is 2.38 bits per heavy atom. The van der Waals surface area contributed by atoms with E-state index in [1.165, 1.54) is 18.2 Å². The second kappa shape index (κ2) is 7.11. The Hall–Kier alpha value is -2.04. The molecule has 1 N–H and O–H groups in total. The lowest BCUT2D eigenvalue weighted by Crippen LogP contribution is -2.20. The van der Waals surface area contributed by atoms with Crippen molar-refractivity contribution >= 4 is 40.8 Å². The molecule has 2 rings (SSSR count). The third-order valence-electron chi connectivity index (χ3n) is 2.55. The zero-order chi connectivity index (χ0) is 15.2. The van der Waals surface area contributed by atoms with Crippen LogP contribution in [0.3, 0.4) is 0 Å². The molecule has 21 heavy (non-hydrogen) atoms. The summed E-state index contributed by atoms with van der Waals surface area (Å²) >= 11 is 11.6. The number of hydrogen-bond acceptors (Lipinski definition) is 3. The maximum absolute atomic E-state index is 11.8. The van der Waals surface area contributed by atoms with Crippen molar-refractivity contribution < 1.29 is 14.3 Å². The molecule has 2 aromatic rings. The molecule has 0 heterocycles. The molecule has 2 aromatic carbocycles. The third-order valence-corrected chi connectivity index (χ3v) is 3.29. The Balaban J connectivity index is 1.89. The van der Waals surface area contributed by atoms with E-state index in [0.717, 1.165) is 0 Å². The van der Waals surface area contributed by atoms with Gasteiger partial charge in [-0.15, -0.1) is 0 Å². The Bertz CT molecular complexity index is 659. The molecule has 0 radical (unpaired) electrons. The molecule has 0 saturated carbocycles. The van der Waals surface area contributed by atoms with Crippen LogP contribution in [0, 0.1) is 0 Å². The van der Waals surface area contributed by atoms with Gasteiger partial charge in [-0.25, -0.2) is 4.79 Å². The van der Waals surface area contributed by atoms with Crippen LogP contribution >= 0.6 is 23.2 Å². The maximum atomic E-state index is 11.8. The van der Waals surface area contributed by atoms with Crippen LogP contribution in [0.1, 0.15) is 10.4 Å². The van der Waals surface area contributed by atoms with Gasteiger partial charge >= 0.3 is 5.97 Å². The fourth-order valence-electron chi connectivity index (χ4n) is 1.56. The van der Waals surface area contributed by atoms with Crippen molar-refractivity contribution in [3.05, 3.63) is 64.1 Å². The summed E-state index contributed by atoms with van der Waals surface area (Å²) in [5.74, 6) is -1.06. The van der Waals surface area contributed by atoms with E-state index in [1.54, 1.807) is 24.3 Å². The molecule has 0 saturated heterocycles. The monoisotopic (exact) mass is 323 g/mol. The highest BCUT2D eigenvalue weighted by Gasteiger charge is 2.11. The SMILES string of the molecule is O=C(COC(=O)c1ccc(Cl)c(Cl)c1)Nc1ccccc1. The molecular formula is C15H11Cl2NO3. The Morgan fingerprint density at radius 2 is 1.71 bits per heavy atom. The summed E-state index contributed by atoms with van der Waals surface area (Å²) in [5.41, 5.74) is 0.866. The molecular weight excluding hydrogens is 313 g/mol. The number of anilines is 1. The molecule has 4 nitrogen and oxygen atoms in total. The number of halogens is 2. The highest BCUT2D eigenvalue weighted by molar-refractivity contribution is 6.42. The van der Waals surface area contributed by atoms with Gasteiger partial charge in [-0.2, -0.15) is 0 Å². The number of hydrogen-bond donors (Lipinski definition) is 1. The highest BCUT2D eigenvalue weighted by Crippen LogP contribution is 2.22. The highest BCUT2D eigenvalue weighted by atomic mass is 35.5. The molecule has 0 spiro atoms. The van der Waals surface area contributed by atoms with E-state index < -0.39 is 11.9 Å². The normalized spacial score (nSPS) is 10.0. The molecule has 0 aliphatic heterocycles. The first-order chi connectivity index (χ1) is 10.1. The molecule has 0 aliphatic carbocycles. The zero-order valence-electron chi connectivity index (χ0n) is 10.8. The van der Waals surface area contributed by atoms with E-state index in [2.05, 4.69) is 5.32 Å². The quantitative estimate of drug-likeness (QED) is 0.871. The number of esters is 1. The lowest BCUT2D eigenvalue weighted by Gasteiger charge is -2.07. The molecule has 108 valence electrons. The van der Waals surface area contributed by atoms with E-state index >= 15 is 0 Å². The van der Waals surface area contributed by atoms with Crippen LogP contribution in [0.5, 0.6) is 0 Å². The molecule has 0 atom stereocenters. The van der Waals surface area contributed by atoms with Crippen LogP contribution < -0.4 is 5.32 Å². The van der Waals surface area contributed by atoms with Crippen molar-refractivity contribution in [2.45, 2.75) is 0 Å². The topological polar surface area (TPSA) is 55.4 Å². The molecule has 6 heteroatoms. The van der Waals surface area contributed by atoms with E-state index in [9.17, 15) is 9.59 Å². The number of para-hydroxylation sites is 1. The van der Waals surface area contributed by atoms with Crippen molar-refractivity contribution in [2.75, 3.05) is 11.9 Å². The molecule has 0 fully saturated rings. The van der Waals surface area contributed by atoms with E-state index in [1.807, 2.05) is 6.07 Å². The molecule has 0 aromatic heterocycles. The van der Waals surface area contributed by atoms with Gasteiger partial charge < -0.3 is 10.1 Å². The van der Waals surface area contributed by atoms with Crippen molar-refractivity contribution in [1.29, 1.82) is 0 Å². The van der Waals surface area contributed by atoms with Crippen molar-refractivity contribution in [3.63, 3.8) is 0 Å². The number of carbonyl (C=O) groups excluding carboxylic acids is 2. The lowest BCUT2D eigenvalue weighted by atomic mass is 10.2. The second-order valence-corrected chi connectivity index (χ2v) is 4.93. The van der Waals surface area contributed by atoms with E-state index in [4.69, 9.17) is 27.9 Å². The average Bonchev–Trinajstić information content (AvgIpc) is 2.48.